The van der Waals surface area contributed by atoms with Gasteiger partial charge >= 0.3 is 29.8 Å². The number of alkyl halides is 1. The van der Waals surface area contributed by atoms with Gasteiger partial charge in [0.25, 0.3) is 0 Å². The van der Waals surface area contributed by atoms with Crippen molar-refractivity contribution in [2.45, 2.75) is 79.3 Å². The number of aromatic amines is 1. The van der Waals surface area contributed by atoms with E-state index in [1.165, 1.54) is 18.9 Å². The molecule has 3 aliphatic rings. The summed E-state index contributed by atoms with van der Waals surface area (Å²) in [5, 5.41) is 11.7. The number of H-pyrrole nitrogens is 1. The van der Waals surface area contributed by atoms with Gasteiger partial charge in [0.05, 0.1) is 88.5 Å². The first-order chi connectivity index (χ1) is 41.5. The molecule has 5 heterocycles. The van der Waals surface area contributed by atoms with Gasteiger partial charge in [-0.15, -0.1) is 16.7 Å². The van der Waals surface area contributed by atoms with Gasteiger partial charge in [-0.25, -0.2) is 19.1 Å². The number of para-hydroxylation sites is 1. The minimum atomic E-state index is -1.27. The van der Waals surface area contributed by atoms with Crippen LogP contribution in [0.3, 0.4) is 0 Å². The first-order valence-corrected chi connectivity index (χ1v) is 28.5. The quantitative estimate of drug-likeness (QED) is 0.0211. The smallest absolute Gasteiger partial charge is 0.340 e. The number of halogens is 1. The Morgan fingerprint density at radius 2 is 1.38 bits per heavy atom. The maximum Gasteiger partial charge on any atom is 0.340 e. The molecular formula is C64H69ClN6O16. The molecule has 22 nitrogen and oxygen atoms in total. The number of benzene rings is 5. The van der Waals surface area contributed by atoms with Crippen molar-refractivity contribution >= 4 is 64.2 Å². The van der Waals surface area contributed by atoms with E-state index in [1.807, 2.05) is 36.4 Å². The number of hydrogen-bond acceptors (Lipinski definition) is 18. The van der Waals surface area contributed by atoms with Crippen LogP contribution in [0.1, 0.15) is 108 Å². The molecule has 458 valence electrons. The number of carbonyl (C=O) groups is 7. The third-order valence-corrected chi connectivity index (χ3v) is 14.5. The molecule has 0 fully saturated rings. The number of aromatic nitrogens is 4. The van der Waals surface area contributed by atoms with E-state index in [2.05, 4.69) is 20.6 Å². The van der Waals surface area contributed by atoms with Crippen molar-refractivity contribution in [1.29, 1.82) is 0 Å². The van der Waals surface area contributed by atoms with Crippen molar-refractivity contribution in [3.05, 3.63) is 166 Å². The minimum Gasteiger partial charge on any atom is -0.467 e. The normalized spacial score (nSPS) is 14.9. The van der Waals surface area contributed by atoms with Crippen LogP contribution >= 0.6 is 11.6 Å². The summed E-state index contributed by atoms with van der Waals surface area (Å²) in [4.78, 5) is 92.1. The molecule has 87 heavy (non-hydrogen) atoms. The van der Waals surface area contributed by atoms with E-state index in [1.54, 1.807) is 111 Å². The van der Waals surface area contributed by atoms with Crippen molar-refractivity contribution in [3.63, 3.8) is 0 Å². The van der Waals surface area contributed by atoms with Crippen molar-refractivity contribution < 1.29 is 76.2 Å². The highest BCUT2D eigenvalue weighted by Crippen LogP contribution is 2.57. The van der Waals surface area contributed by atoms with Crippen LogP contribution < -0.4 is 19.5 Å². The Morgan fingerprint density at radius 3 is 2.00 bits per heavy atom. The third kappa shape index (κ3) is 14.5. The van der Waals surface area contributed by atoms with E-state index < -0.39 is 41.5 Å². The lowest BCUT2D eigenvalue weighted by atomic mass is 9.77. The highest BCUT2D eigenvalue weighted by molar-refractivity contribution is 6.27. The van der Waals surface area contributed by atoms with E-state index in [9.17, 15) is 33.6 Å². The van der Waals surface area contributed by atoms with Crippen LogP contribution in [0.4, 0.5) is 0 Å². The number of esters is 5. The number of nitrogens with one attached hydrogen (secondary N) is 2. The Morgan fingerprint density at radius 1 is 0.770 bits per heavy atom. The van der Waals surface area contributed by atoms with Gasteiger partial charge < -0.3 is 57.8 Å². The molecule has 2 atom stereocenters. The van der Waals surface area contributed by atoms with E-state index in [4.69, 9.17) is 54.2 Å². The molecule has 2 amide bonds. The lowest BCUT2D eigenvalue weighted by Crippen LogP contribution is -2.52. The summed E-state index contributed by atoms with van der Waals surface area (Å²) in [7, 11) is 1.29. The molecule has 2 N–H and O–H groups in total. The van der Waals surface area contributed by atoms with E-state index in [0.717, 1.165) is 22.2 Å². The summed E-state index contributed by atoms with van der Waals surface area (Å²) in [5.74, 6) is -2.42. The Labute approximate surface area is 507 Å². The van der Waals surface area contributed by atoms with Crippen LogP contribution in [0, 0.1) is 11.8 Å². The van der Waals surface area contributed by atoms with Crippen LogP contribution in [0.25, 0.3) is 10.9 Å². The number of fused-ring (bicyclic) bond motifs is 9. The molecular weight excluding hydrogens is 1140 g/mol. The predicted octanol–water partition coefficient (Wildman–Crippen LogP) is 8.57. The zero-order valence-corrected chi connectivity index (χ0v) is 49.0. The first kappa shape index (κ1) is 64.0. The molecule has 0 aliphatic carbocycles. The van der Waals surface area contributed by atoms with Gasteiger partial charge in [0, 0.05) is 65.3 Å². The van der Waals surface area contributed by atoms with Crippen LogP contribution in [0.15, 0.2) is 115 Å². The molecule has 0 unspecified atom stereocenters. The Hall–Kier alpha value is -8.96. The monoisotopic (exact) mass is 1210 g/mol. The molecule has 0 saturated heterocycles. The number of nitrogens with zero attached hydrogens (tertiary/aromatic N) is 4. The molecule has 0 radical (unpaired) electrons. The van der Waals surface area contributed by atoms with Gasteiger partial charge in [0.1, 0.15) is 47.2 Å². The van der Waals surface area contributed by atoms with Gasteiger partial charge in [-0.2, -0.15) is 0 Å². The Bertz CT molecular complexity index is 3560. The predicted molar refractivity (Wildman–Crippen MR) is 316 cm³/mol. The average molecular weight is 1210 g/mol. The second-order valence-corrected chi connectivity index (χ2v) is 21.1. The minimum absolute atomic E-state index is 0. The summed E-state index contributed by atoms with van der Waals surface area (Å²) in [6.07, 6.45) is 1.94. The Kier molecular flexibility index (Phi) is 21.3. The molecule has 0 saturated carbocycles. The SMILES string of the molecule is C.CC(C)C(=O)Oc1ccc2c(c1)Oc1cc(OC(=O)C(C)C)ccc1C21OC(=O)c2ccccc21.COC(=O)[C@H]1Cc2c([nH]c3ccccc23)[C@@H](c2ccc(C(=O)OCc3cn(CCOCCOCCOCCNC(C)=O)nn3)cc2)N1C(=O)CCl. The van der Waals surface area contributed by atoms with Crippen LogP contribution in [0.5, 0.6) is 23.0 Å². The lowest BCUT2D eigenvalue weighted by molar-refractivity contribution is -0.154. The second kappa shape index (κ2) is 29.0. The van der Waals surface area contributed by atoms with Crippen molar-refractivity contribution in [2.24, 2.45) is 11.8 Å². The molecule has 7 aromatic rings. The van der Waals surface area contributed by atoms with Crippen LogP contribution in [0.2, 0.25) is 0 Å². The Balaban J connectivity index is 0.000000238. The fourth-order valence-electron chi connectivity index (χ4n) is 10.1. The molecule has 10 rings (SSSR count). The molecule has 1 spiro atoms. The largest absolute Gasteiger partial charge is 0.467 e. The standard InChI is InChI=1S/C35H41ClN6O9.C28H24O7.CH4/c1-23(43)37-11-13-48-15-17-50-18-16-49-14-12-41-21-26(39-40-41)22-51-34(45)25-9-7-24(8-10-25)33-32-28(27-5-3-4-6-29(27)38-32)19-30(35(46)47-2)42(33)31(44)20-36;1-15(2)25(29)32-17-9-11-21-23(13-17)34-24-14-18(33-26(30)16(3)4)10-12-22(24)28(21)20-8-6-5-7-19(20)27(31)35-28;/h3-10,21,30,33,38H,11-20,22H2,1-2H3,(H,37,43);5-16H,1-4H3;1H4/t30-,33-;;/m1../s1. The zero-order valence-electron chi connectivity index (χ0n) is 48.3. The first-order valence-electron chi connectivity index (χ1n) is 27.9. The lowest BCUT2D eigenvalue weighted by Gasteiger charge is -2.40. The molecule has 3 aliphatic heterocycles. The van der Waals surface area contributed by atoms with Crippen molar-refractivity contribution in [3.8, 4) is 23.0 Å². The van der Waals surface area contributed by atoms with Crippen LogP contribution in [-0.2, 0) is 77.6 Å². The maximum absolute atomic E-state index is 13.2. The van der Waals surface area contributed by atoms with E-state index in [0.29, 0.717) is 115 Å². The second-order valence-electron chi connectivity index (χ2n) is 20.8. The fraction of sp³-hybridized carbons (Fsp3) is 0.359. The summed E-state index contributed by atoms with van der Waals surface area (Å²) in [5.41, 5.74) is 5.06. The summed E-state index contributed by atoms with van der Waals surface area (Å²) >= 11 is 6.04. The highest BCUT2D eigenvalue weighted by Gasteiger charge is 2.54. The van der Waals surface area contributed by atoms with Crippen LogP contribution in [-0.4, -0.2) is 132 Å². The number of methoxy groups -OCH3 is 1. The van der Waals surface area contributed by atoms with Gasteiger partial charge in [-0.3, -0.25) is 19.2 Å². The molecule has 23 heteroatoms. The fourth-order valence-corrected chi connectivity index (χ4v) is 10.2. The van der Waals surface area contributed by atoms with Gasteiger partial charge in [0.2, 0.25) is 11.8 Å². The number of rotatable bonds is 22. The highest BCUT2D eigenvalue weighted by atomic mass is 35.5. The molecule has 2 aromatic heterocycles. The summed E-state index contributed by atoms with van der Waals surface area (Å²) in [6.45, 7) is 11.8. The van der Waals surface area contributed by atoms with Crippen molar-refractivity contribution in [2.75, 3.05) is 59.2 Å². The van der Waals surface area contributed by atoms with Gasteiger partial charge in [-0.1, -0.05) is 88.9 Å². The average Bonchev–Trinajstić information content (AvgIpc) is 1.65. The molecule has 5 aromatic carbocycles. The van der Waals surface area contributed by atoms with E-state index in [-0.39, 0.29) is 56.0 Å². The number of hydrogen-bond donors (Lipinski definition) is 2. The number of ether oxygens (including phenoxy) is 9. The van der Waals surface area contributed by atoms with Gasteiger partial charge in [-0.05, 0) is 59.7 Å². The summed E-state index contributed by atoms with van der Waals surface area (Å²) in [6, 6.07) is 30.0. The third-order valence-electron chi connectivity index (χ3n) is 14.3. The van der Waals surface area contributed by atoms with Crippen molar-refractivity contribution in [1.82, 2.24) is 30.2 Å². The molecule has 0 bridgehead atoms. The van der Waals surface area contributed by atoms with Gasteiger partial charge in [0.15, 0.2) is 5.60 Å². The number of amides is 2. The maximum atomic E-state index is 13.2. The van der Waals surface area contributed by atoms with E-state index >= 15 is 0 Å². The zero-order chi connectivity index (χ0) is 61.1. The summed E-state index contributed by atoms with van der Waals surface area (Å²) < 4.78 is 51.8. The topological polar surface area (TPSA) is 264 Å². The number of carbonyl (C=O) groups excluding carboxylic acids is 7.